The minimum atomic E-state index is -0.0709. The van der Waals surface area contributed by atoms with Crippen LogP contribution < -0.4 is 5.32 Å². The van der Waals surface area contributed by atoms with E-state index in [1.165, 1.54) is 5.39 Å². The molecule has 21 heavy (non-hydrogen) atoms. The predicted molar refractivity (Wildman–Crippen MR) is 85.0 cm³/mol. The molecule has 0 spiro atoms. The molecule has 0 bridgehead atoms. The van der Waals surface area contributed by atoms with Crippen molar-refractivity contribution in [2.75, 3.05) is 13.2 Å². The Bertz CT molecular complexity index is 652. The molecule has 1 fully saturated rings. The van der Waals surface area contributed by atoms with Crippen LogP contribution in [0.3, 0.4) is 0 Å². The molecule has 1 aliphatic rings. The van der Waals surface area contributed by atoms with Gasteiger partial charge in [-0.3, -0.25) is 4.79 Å². The molecule has 0 aliphatic carbocycles. The highest BCUT2D eigenvalue weighted by Gasteiger charge is 2.15. The molecule has 0 unspecified atom stereocenters. The van der Waals surface area contributed by atoms with Gasteiger partial charge in [0.15, 0.2) is 0 Å². The quantitative estimate of drug-likeness (QED) is 0.874. The maximum absolute atomic E-state index is 11.9. The maximum Gasteiger partial charge on any atom is 0.244 e. The van der Waals surface area contributed by atoms with E-state index >= 15 is 0 Å². The van der Waals surface area contributed by atoms with Crippen molar-refractivity contribution in [2.45, 2.75) is 18.9 Å². The largest absolute Gasteiger partial charge is 0.376 e. The maximum atomic E-state index is 11.9. The Kier molecular flexibility index (Phi) is 4.31. The standard InChI is InChI=1S/C18H19NO2/c20-18(19-13-16-8-4-12-21-16)11-10-15-7-3-6-14-5-1-2-9-17(14)15/h1-3,5-7,9-11,16H,4,8,12-13H2,(H,19,20)/b11-10+/t16-/m1/s1. The van der Waals surface area contributed by atoms with Gasteiger partial charge in [-0.1, -0.05) is 42.5 Å². The number of nitrogens with one attached hydrogen (secondary N) is 1. The van der Waals surface area contributed by atoms with Crippen LogP contribution in [0.4, 0.5) is 0 Å². The number of carbonyl (C=O) groups is 1. The van der Waals surface area contributed by atoms with Gasteiger partial charge in [0, 0.05) is 19.2 Å². The van der Waals surface area contributed by atoms with Crippen LogP contribution in [0.15, 0.2) is 48.5 Å². The van der Waals surface area contributed by atoms with E-state index in [2.05, 4.69) is 23.5 Å². The van der Waals surface area contributed by atoms with Crippen LogP contribution in [0.5, 0.6) is 0 Å². The Balaban J connectivity index is 1.65. The van der Waals surface area contributed by atoms with E-state index in [-0.39, 0.29) is 12.0 Å². The summed E-state index contributed by atoms with van der Waals surface area (Å²) in [6, 6.07) is 14.3. The molecule has 3 nitrogen and oxygen atoms in total. The van der Waals surface area contributed by atoms with Gasteiger partial charge in [0.2, 0.25) is 5.91 Å². The SMILES string of the molecule is O=C(/C=C/c1cccc2ccccc12)NC[C@H]1CCCO1. The molecule has 2 aromatic rings. The third-order valence-corrected chi connectivity index (χ3v) is 3.77. The minimum absolute atomic E-state index is 0.0709. The number of hydrogen-bond acceptors (Lipinski definition) is 2. The zero-order valence-corrected chi connectivity index (χ0v) is 11.9. The Morgan fingerprint density at radius 3 is 2.95 bits per heavy atom. The van der Waals surface area contributed by atoms with Crippen molar-refractivity contribution in [2.24, 2.45) is 0 Å². The molecule has 1 aliphatic heterocycles. The minimum Gasteiger partial charge on any atom is -0.376 e. The number of carbonyl (C=O) groups excluding carboxylic acids is 1. The number of hydrogen-bond donors (Lipinski definition) is 1. The highest BCUT2D eigenvalue weighted by atomic mass is 16.5. The van der Waals surface area contributed by atoms with Crippen molar-refractivity contribution in [1.29, 1.82) is 0 Å². The third kappa shape index (κ3) is 3.50. The second-order valence-electron chi connectivity index (χ2n) is 5.28. The van der Waals surface area contributed by atoms with E-state index in [0.717, 1.165) is 30.4 Å². The highest BCUT2D eigenvalue weighted by molar-refractivity contribution is 5.96. The molecule has 3 rings (SSSR count). The first-order chi connectivity index (χ1) is 10.3. The lowest BCUT2D eigenvalue weighted by atomic mass is 10.0. The van der Waals surface area contributed by atoms with Crippen molar-refractivity contribution in [3.8, 4) is 0 Å². The summed E-state index contributed by atoms with van der Waals surface area (Å²) in [6.45, 7) is 1.41. The van der Waals surface area contributed by atoms with Crippen LogP contribution >= 0.6 is 0 Å². The molecule has 108 valence electrons. The predicted octanol–water partition coefficient (Wildman–Crippen LogP) is 3.15. The average Bonchev–Trinajstić information content (AvgIpc) is 3.04. The smallest absolute Gasteiger partial charge is 0.244 e. The number of rotatable bonds is 4. The topological polar surface area (TPSA) is 38.3 Å². The van der Waals surface area contributed by atoms with Gasteiger partial charge in [0.1, 0.15) is 0 Å². The van der Waals surface area contributed by atoms with Crippen molar-refractivity contribution in [3.05, 3.63) is 54.1 Å². The van der Waals surface area contributed by atoms with Gasteiger partial charge >= 0.3 is 0 Å². The summed E-state index contributed by atoms with van der Waals surface area (Å²) in [5, 5.41) is 5.23. The molecular weight excluding hydrogens is 262 g/mol. The molecule has 2 aromatic carbocycles. The second kappa shape index (κ2) is 6.55. The number of ether oxygens (including phenoxy) is 1. The molecular formula is C18H19NO2. The number of amides is 1. The van der Waals surface area contributed by atoms with Crippen molar-refractivity contribution in [1.82, 2.24) is 5.32 Å². The Morgan fingerprint density at radius 2 is 2.10 bits per heavy atom. The van der Waals surface area contributed by atoms with Crippen LogP contribution in [0, 0.1) is 0 Å². The normalized spacial score (nSPS) is 18.4. The van der Waals surface area contributed by atoms with E-state index in [9.17, 15) is 4.79 Å². The van der Waals surface area contributed by atoms with Gasteiger partial charge in [0.25, 0.3) is 0 Å². The molecule has 1 amide bonds. The van der Waals surface area contributed by atoms with Gasteiger partial charge in [0.05, 0.1) is 6.10 Å². The first kappa shape index (κ1) is 13.8. The summed E-state index contributed by atoms with van der Waals surface area (Å²) in [5.41, 5.74) is 1.06. The van der Waals surface area contributed by atoms with Crippen molar-refractivity contribution in [3.63, 3.8) is 0 Å². The molecule has 3 heteroatoms. The molecule has 1 N–H and O–H groups in total. The lowest BCUT2D eigenvalue weighted by Crippen LogP contribution is -2.30. The van der Waals surface area contributed by atoms with Gasteiger partial charge in [-0.2, -0.15) is 0 Å². The van der Waals surface area contributed by atoms with Crippen LogP contribution in [-0.2, 0) is 9.53 Å². The summed E-state index contributed by atoms with van der Waals surface area (Å²) >= 11 is 0. The van der Waals surface area contributed by atoms with Crippen molar-refractivity contribution >= 4 is 22.8 Å². The van der Waals surface area contributed by atoms with Gasteiger partial charge < -0.3 is 10.1 Å². The monoisotopic (exact) mass is 281 g/mol. The van der Waals surface area contributed by atoms with E-state index in [0.29, 0.717) is 6.54 Å². The summed E-state index contributed by atoms with van der Waals surface area (Å²) < 4.78 is 5.48. The van der Waals surface area contributed by atoms with Crippen LogP contribution in [0.2, 0.25) is 0 Å². The average molecular weight is 281 g/mol. The van der Waals surface area contributed by atoms with Gasteiger partial charge in [-0.15, -0.1) is 0 Å². The molecule has 1 atom stereocenters. The van der Waals surface area contributed by atoms with E-state index in [1.54, 1.807) is 6.08 Å². The number of benzene rings is 2. The Hall–Kier alpha value is -2.13. The van der Waals surface area contributed by atoms with E-state index in [1.807, 2.05) is 30.3 Å². The fraction of sp³-hybridized carbons (Fsp3) is 0.278. The zero-order valence-electron chi connectivity index (χ0n) is 11.9. The second-order valence-corrected chi connectivity index (χ2v) is 5.28. The Labute approximate surface area is 124 Å². The van der Waals surface area contributed by atoms with E-state index < -0.39 is 0 Å². The summed E-state index contributed by atoms with van der Waals surface area (Å²) in [4.78, 5) is 11.9. The summed E-state index contributed by atoms with van der Waals surface area (Å²) in [5.74, 6) is -0.0709. The van der Waals surface area contributed by atoms with Crippen LogP contribution in [-0.4, -0.2) is 25.2 Å². The fourth-order valence-electron chi connectivity index (χ4n) is 2.64. The molecule has 0 aromatic heterocycles. The molecule has 0 radical (unpaired) electrons. The fourth-order valence-corrected chi connectivity index (χ4v) is 2.64. The molecule has 0 saturated carbocycles. The lowest BCUT2D eigenvalue weighted by molar-refractivity contribution is -0.116. The molecule has 1 heterocycles. The first-order valence-electron chi connectivity index (χ1n) is 7.38. The summed E-state index contributed by atoms with van der Waals surface area (Å²) in [6.07, 6.45) is 5.77. The van der Waals surface area contributed by atoms with Crippen molar-refractivity contribution < 1.29 is 9.53 Å². The Morgan fingerprint density at radius 1 is 1.24 bits per heavy atom. The number of fused-ring (bicyclic) bond motifs is 1. The zero-order chi connectivity index (χ0) is 14.5. The highest BCUT2D eigenvalue weighted by Crippen LogP contribution is 2.19. The van der Waals surface area contributed by atoms with Gasteiger partial charge in [-0.25, -0.2) is 0 Å². The molecule has 1 saturated heterocycles. The van der Waals surface area contributed by atoms with Crippen LogP contribution in [0.25, 0.3) is 16.8 Å². The lowest BCUT2D eigenvalue weighted by Gasteiger charge is -2.09. The third-order valence-electron chi connectivity index (χ3n) is 3.77. The van der Waals surface area contributed by atoms with Crippen LogP contribution in [0.1, 0.15) is 18.4 Å². The van der Waals surface area contributed by atoms with E-state index in [4.69, 9.17) is 4.74 Å². The van der Waals surface area contributed by atoms with Gasteiger partial charge in [-0.05, 0) is 35.3 Å². The summed E-state index contributed by atoms with van der Waals surface area (Å²) in [7, 11) is 0. The first-order valence-corrected chi connectivity index (χ1v) is 7.38.